The number of benzene rings is 3. The molecule has 0 aliphatic rings. The first-order valence-corrected chi connectivity index (χ1v) is 9.50. The molecule has 2 amide bonds. The second kappa shape index (κ2) is 9.71. The Morgan fingerprint density at radius 2 is 1.44 bits per heavy atom. The third-order valence-electron chi connectivity index (χ3n) is 4.41. The predicted octanol–water partition coefficient (Wildman–Crippen LogP) is 6.03. The van der Waals surface area contributed by atoms with E-state index in [1.807, 2.05) is 5.32 Å². The standard InChI is InChI=1S/C22H12F8N2O4/c23-15-9-10(1-6-13(15)19(31)33)32-20(34)17-16(8-7-14(18(17)24)21(25,26)27)35-11-2-4-12(5-3-11)36-22(28,29)30/h1-9H,(H2,31,33)(H,32,34). The van der Waals surface area contributed by atoms with Crippen LogP contribution >= 0.6 is 0 Å². The van der Waals surface area contributed by atoms with E-state index in [9.17, 15) is 44.7 Å². The fourth-order valence-electron chi connectivity index (χ4n) is 2.90. The van der Waals surface area contributed by atoms with E-state index < -0.39 is 64.2 Å². The average molecular weight is 520 g/mol. The summed E-state index contributed by atoms with van der Waals surface area (Å²) in [6, 6.07) is 6.90. The summed E-state index contributed by atoms with van der Waals surface area (Å²) in [7, 11) is 0. The molecule has 14 heteroatoms. The van der Waals surface area contributed by atoms with Crippen molar-refractivity contribution in [3.63, 3.8) is 0 Å². The molecule has 36 heavy (non-hydrogen) atoms. The van der Waals surface area contributed by atoms with Crippen molar-refractivity contribution in [3.05, 3.63) is 82.9 Å². The Labute approximate surface area is 196 Å². The highest BCUT2D eigenvalue weighted by molar-refractivity contribution is 6.07. The van der Waals surface area contributed by atoms with Gasteiger partial charge in [0, 0.05) is 5.69 Å². The Balaban J connectivity index is 1.97. The van der Waals surface area contributed by atoms with E-state index in [2.05, 4.69) is 4.74 Å². The number of rotatable bonds is 6. The van der Waals surface area contributed by atoms with Gasteiger partial charge in [0.15, 0.2) is 5.82 Å². The third-order valence-corrected chi connectivity index (χ3v) is 4.41. The molecule has 6 nitrogen and oxygen atoms in total. The lowest BCUT2D eigenvalue weighted by molar-refractivity contribution is -0.274. The number of hydrogen-bond donors (Lipinski definition) is 2. The summed E-state index contributed by atoms with van der Waals surface area (Å²) < 4.78 is 114. The lowest BCUT2D eigenvalue weighted by Gasteiger charge is -2.16. The van der Waals surface area contributed by atoms with E-state index in [4.69, 9.17) is 10.5 Å². The lowest BCUT2D eigenvalue weighted by atomic mass is 10.1. The first-order valence-electron chi connectivity index (χ1n) is 9.50. The minimum atomic E-state index is -5.20. The van der Waals surface area contributed by atoms with Crippen LogP contribution in [-0.4, -0.2) is 18.2 Å². The largest absolute Gasteiger partial charge is 0.573 e. The molecule has 0 aliphatic heterocycles. The third kappa shape index (κ3) is 6.20. The highest BCUT2D eigenvalue weighted by Gasteiger charge is 2.37. The number of hydrogen-bond acceptors (Lipinski definition) is 4. The van der Waals surface area contributed by atoms with Crippen molar-refractivity contribution in [2.75, 3.05) is 5.32 Å². The van der Waals surface area contributed by atoms with Gasteiger partial charge in [-0.1, -0.05) is 0 Å². The number of carbonyl (C=O) groups is 2. The molecule has 0 spiro atoms. The van der Waals surface area contributed by atoms with Crippen molar-refractivity contribution < 1.29 is 54.2 Å². The maximum Gasteiger partial charge on any atom is 0.573 e. The molecule has 0 heterocycles. The van der Waals surface area contributed by atoms with Gasteiger partial charge in [0.05, 0.1) is 11.1 Å². The van der Waals surface area contributed by atoms with Crippen LogP contribution in [0.3, 0.4) is 0 Å². The molecule has 3 aromatic carbocycles. The molecule has 0 bridgehead atoms. The molecule has 0 aromatic heterocycles. The number of alkyl halides is 6. The zero-order valence-electron chi connectivity index (χ0n) is 17.4. The van der Waals surface area contributed by atoms with Crippen molar-refractivity contribution in [1.29, 1.82) is 0 Å². The molecule has 0 saturated heterocycles. The zero-order chi connectivity index (χ0) is 26.8. The summed E-state index contributed by atoms with van der Waals surface area (Å²) in [6.07, 6.45) is -10.2. The zero-order valence-corrected chi connectivity index (χ0v) is 17.4. The Hall–Kier alpha value is -4.36. The summed E-state index contributed by atoms with van der Waals surface area (Å²) in [6.45, 7) is 0. The van der Waals surface area contributed by atoms with Crippen LogP contribution in [0.5, 0.6) is 17.2 Å². The number of anilines is 1. The van der Waals surface area contributed by atoms with Crippen LogP contribution in [0.15, 0.2) is 54.6 Å². The first-order chi connectivity index (χ1) is 16.7. The number of nitrogens with one attached hydrogen (secondary N) is 1. The number of primary amides is 1. The van der Waals surface area contributed by atoms with Crippen LogP contribution < -0.4 is 20.5 Å². The topological polar surface area (TPSA) is 90.7 Å². The minimum Gasteiger partial charge on any atom is -0.456 e. The summed E-state index contributed by atoms with van der Waals surface area (Å²) in [4.78, 5) is 23.8. The molecule has 0 aliphatic carbocycles. The summed E-state index contributed by atoms with van der Waals surface area (Å²) in [5, 5.41) is 1.98. The molecule has 0 unspecified atom stereocenters. The normalized spacial score (nSPS) is 11.7. The van der Waals surface area contributed by atoms with Gasteiger partial charge < -0.3 is 20.5 Å². The van der Waals surface area contributed by atoms with Crippen LogP contribution in [0.2, 0.25) is 0 Å². The van der Waals surface area contributed by atoms with Crippen molar-refractivity contribution >= 4 is 17.5 Å². The second-order valence-electron chi connectivity index (χ2n) is 6.93. The van der Waals surface area contributed by atoms with Crippen LogP contribution in [0, 0.1) is 11.6 Å². The highest BCUT2D eigenvalue weighted by atomic mass is 19.4. The van der Waals surface area contributed by atoms with Crippen molar-refractivity contribution in [1.82, 2.24) is 0 Å². The molecule has 3 aromatic rings. The fourth-order valence-corrected chi connectivity index (χ4v) is 2.90. The number of carbonyl (C=O) groups excluding carboxylic acids is 2. The predicted molar refractivity (Wildman–Crippen MR) is 107 cm³/mol. The quantitative estimate of drug-likeness (QED) is 0.389. The van der Waals surface area contributed by atoms with Crippen molar-refractivity contribution in [2.24, 2.45) is 5.73 Å². The molecule has 0 fully saturated rings. The van der Waals surface area contributed by atoms with Gasteiger partial charge in [-0.2, -0.15) is 13.2 Å². The minimum absolute atomic E-state index is 0.283. The Bertz CT molecular complexity index is 1310. The van der Waals surface area contributed by atoms with E-state index in [1.165, 1.54) is 0 Å². The van der Waals surface area contributed by atoms with Crippen LogP contribution in [-0.2, 0) is 6.18 Å². The van der Waals surface area contributed by atoms with Crippen LogP contribution in [0.25, 0.3) is 0 Å². The summed E-state index contributed by atoms with van der Waals surface area (Å²) in [5.41, 5.74) is 1.01. The van der Waals surface area contributed by atoms with Gasteiger partial charge in [0.1, 0.15) is 28.6 Å². The van der Waals surface area contributed by atoms with E-state index >= 15 is 0 Å². The van der Waals surface area contributed by atoms with Gasteiger partial charge >= 0.3 is 12.5 Å². The first kappa shape index (κ1) is 26.2. The molecule has 190 valence electrons. The smallest absolute Gasteiger partial charge is 0.456 e. The maximum absolute atomic E-state index is 14.8. The van der Waals surface area contributed by atoms with Crippen LogP contribution in [0.1, 0.15) is 26.3 Å². The van der Waals surface area contributed by atoms with Gasteiger partial charge in [0.25, 0.3) is 11.8 Å². The number of nitrogens with two attached hydrogens (primary N) is 1. The Kier molecular flexibility index (Phi) is 7.08. The molecular formula is C22H12F8N2O4. The highest BCUT2D eigenvalue weighted by Crippen LogP contribution is 2.38. The van der Waals surface area contributed by atoms with Gasteiger partial charge in [-0.05, 0) is 54.6 Å². The number of halogens is 8. The van der Waals surface area contributed by atoms with Gasteiger partial charge in [0.2, 0.25) is 0 Å². The van der Waals surface area contributed by atoms with E-state index in [-0.39, 0.29) is 11.4 Å². The SMILES string of the molecule is NC(=O)c1ccc(NC(=O)c2c(Oc3ccc(OC(F)(F)F)cc3)ccc(C(F)(F)F)c2F)cc1F. The molecule has 0 atom stereocenters. The molecular weight excluding hydrogens is 508 g/mol. The monoisotopic (exact) mass is 520 g/mol. The van der Waals surface area contributed by atoms with E-state index in [1.54, 1.807) is 0 Å². The average Bonchev–Trinajstić information content (AvgIpc) is 2.73. The Morgan fingerprint density at radius 3 is 1.97 bits per heavy atom. The molecule has 0 saturated carbocycles. The van der Waals surface area contributed by atoms with Gasteiger partial charge in [-0.3, -0.25) is 9.59 Å². The fraction of sp³-hybridized carbons (Fsp3) is 0.0909. The summed E-state index contributed by atoms with van der Waals surface area (Å²) >= 11 is 0. The van der Waals surface area contributed by atoms with Crippen molar-refractivity contribution in [2.45, 2.75) is 12.5 Å². The van der Waals surface area contributed by atoms with E-state index in [0.29, 0.717) is 18.2 Å². The van der Waals surface area contributed by atoms with Gasteiger partial charge in [-0.15, -0.1) is 13.2 Å². The van der Waals surface area contributed by atoms with Gasteiger partial charge in [-0.25, -0.2) is 8.78 Å². The summed E-state index contributed by atoms with van der Waals surface area (Å²) in [5.74, 6) is -7.47. The number of ether oxygens (including phenoxy) is 2. The second-order valence-corrected chi connectivity index (χ2v) is 6.93. The Morgan fingerprint density at radius 1 is 0.833 bits per heavy atom. The molecule has 3 rings (SSSR count). The van der Waals surface area contributed by atoms with E-state index in [0.717, 1.165) is 36.4 Å². The maximum atomic E-state index is 14.8. The lowest BCUT2D eigenvalue weighted by Crippen LogP contribution is -2.19. The molecule has 3 N–H and O–H groups in total. The van der Waals surface area contributed by atoms with Crippen molar-refractivity contribution in [3.8, 4) is 17.2 Å². The number of amides is 2. The molecule has 0 radical (unpaired) electrons. The van der Waals surface area contributed by atoms with Crippen LogP contribution in [0.4, 0.5) is 40.8 Å².